The van der Waals surface area contributed by atoms with Crippen LogP contribution < -0.4 is 4.74 Å². The Hall–Kier alpha value is -3.23. The van der Waals surface area contributed by atoms with Crippen molar-refractivity contribution < 1.29 is 37.4 Å². The highest BCUT2D eigenvalue weighted by atomic mass is 19.3. The molecule has 1 heterocycles. The van der Waals surface area contributed by atoms with E-state index in [0.717, 1.165) is 0 Å². The Morgan fingerprint density at radius 2 is 1.69 bits per heavy atom. The zero-order chi connectivity index (χ0) is 21.7. The molecule has 0 aliphatic rings. The summed E-state index contributed by atoms with van der Waals surface area (Å²) in [4.78, 5) is 39.8. The average Bonchev–Trinajstić information content (AvgIpc) is 2.95. The number of alkyl halides is 2. The van der Waals surface area contributed by atoms with E-state index in [4.69, 9.17) is 9.47 Å². The van der Waals surface area contributed by atoms with Gasteiger partial charge in [-0.15, -0.1) is 0 Å². The fraction of sp³-hybridized carbons (Fsp3) is 0.350. The minimum absolute atomic E-state index is 0.0675. The highest BCUT2D eigenvalue weighted by molar-refractivity contribution is 6.04. The van der Waals surface area contributed by atoms with Crippen LogP contribution in [-0.2, 0) is 9.47 Å². The number of rotatable bonds is 8. The molecular weight excluding hydrogens is 388 g/mol. The predicted molar refractivity (Wildman–Crippen MR) is 98.5 cm³/mol. The molecule has 7 nitrogen and oxygen atoms in total. The Morgan fingerprint density at radius 1 is 1.07 bits per heavy atom. The Bertz CT molecular complexity index is 904. The number of carbonyl (C=O) groups excluding carboxylic acids is 3. The molecule has 0 bridgehead atoms. The van der Waals surface area contributed by atoms with Crippen LogP contribution in [0.25, 0.3) is 0 Å². The van der Waals surface area contributed by atoms with Crippen LogP contribution in [0.15, 0.2) is 24.3 Å². The summed E-state index contributed by atoms with van der Waals surface area (Å²) in [7, 11) is 0. The third-order valence-electron chi connectivity index (χ3n) is 4.13. The van der Waals surface area contributed by atoms with Crippen molar-refractivity contribution in [1.82, 2.24) is 4.98 Å². The molecule has 156 valence electrons. The second kappa shape index (κ2) is 9.31. The lowest BCUT2D eigenvalue weighted by Crippen LogP contribution is -2.25. The van der Waals surface area contributed by atoms with Crippen LogP contribution in [0.1, 0.15) is 56.3 Å². The van der Waals surface area contributed by atoms with Gasteiger partial charge in [0.05, 0.1) is 23.4 Å². The Morgan fingerprint density at radius 3 is 2.24 bits per heavy atom. The summed E-state index contributed by atoms with van der Waals surface area (Å²) in [5.41, 5.74) is 1.35. The van der Waals surface area contributed by atoms with E-state index in [1.165, 1.54) is 31.2 Å². The smallest absolute Gasteiger partial charge is 0.387 e. The van der Waals surface area contributed by atoms with Gasteiger partial charge in [-0.25, -0.2) is 9.59 Å². The van der Waals surface area contributed by atoms with Crippen LogP contribution in [0.5, 0.6) is 5.75 Å². The molecule has 0 spiro atoms. The van der Waals surface area contributed by atoms with Crippen molar-refractivity contribution in [3.8, 4) is 5.75 Å². The summed E-state index contributed by atoms with van der Waals surface area (Å²) in [6, 6.07) is 4.89. The molecule has 1 aromatic heterocycles. The highest BCUT2D eigenvalue weighted by Crippen LogP contribution is 2.22. The fourth-order valence-corrected chi connectivity index (χ4v) is 2.76. The molecule has 29 heavy (non-hydrogen) atoms. The van der Waals surface area contributed by atoms with Gasteiger partial charge in [0.25, 0.3) is 0 Å². The van der Waals surface area contributed by atoms with Crippen molar-refractivity contribution in [2.24, 2.45) is 0 Å². The van der Waals surface area contributed by atoms with E-state index in [-0.39, 0.29) is 29.2 Å². The molecule has 0 amide bonds. The molecule has 0 saturated heterocycles. The number of aromatic nitrogens is 1. The monoisotopic (exact) mass is 409 g/mol. The number of Topliss-reactive ketones (excluding diaryl/α,β-unsaturated/α-hetero) is 1. The Balaban J connectivity index is 2.12. The first-order valence-electron chi connectivity index (χ1n) is 8.82. The molecule has 1 aromatic carbocycles. The van der Waals surface area contributed by atoms with E-state index >= 15 is 0 Å². The summed E-state index contributed by atoms with van der Waals surface area (Å²) in [6.07, 6.45) is -1.15. The number of esters is 2. The van der Waals surface area contributed by atoms with E-state index in [0.29, 0.717) is 11.3 Å². The van der Waals surface area contributed by atoms with Crippen molar-refractivity contribution in [1.29, 1.82) is 0 Å². The van der Waals surface area contributed by atoms with Crippen molar-refractivity contribution >= 4 is 17.7 Å². The number of H-pyrrole nitrogens is 1. The largest absolute Gasteiger partial charge is 0.462 e. The molecule has 1 atom stereocenters. The summed E-state index contributed by atoms with van der Waals surface area (Å²) >= 11 is 0. The van der Waals surface area contributed by atoms with E-state index in [1.807, 2.05) is 0 Å². The number of aromatic amines is 1. The number of halogens is 2. The van der Waals surface area contributed by atoms with Crippen LogP contribution in [0.4, 0.5) is 8.78 Å². The average molecular weight is 409 g/mol. The highest BCUT2D eigenvalue weighted by Gasteiger charge is 2.27. The maximum absolute atomic E-state index is 12.7. The Kier molecular flexibility index (Phi) is 7.08. The number of ether oxygens (including phenoxy) is 3. The minimum Gasteiger partial charge on any atom is -0.462 e. The van der Waals surface area contributed by atoms with Gasteiger partial charge < -0.3 is 19.2 Å². The standard InChI is InChI=1S/C20H21F2NO6/c1-5-27-19(26)15-10(2)16(23-11(15)3)17(24)12(4)28-18(25)13-6-8-14(9-7-13)29-20(21)22/h6-9,12,20,23H,5H2,1-4H3/t12-/m1/s1. The van der Waals surface area contributed by atoms with Gasteiger partial charge in [0.1, 0.15) is 5.75 Å². The minimum atomic E-state index is -2.97. The van der Waals surface area contributed by atoms with Gasteiger partial charge in [-0.05, 0) is 57.5 Å². The van der Waals surface area contributed by atoms with E-state index < -0.39 is 30.4 Å². The molecular formula is C20H21F2NO6. The SMILES string of the molecule is CCOC(=O)c1c(C)[nH]c(C(=O)[C@@H](C)OC(=O)c2ccc(OC(F)F)cc2)c1C. The molecule has 2 aromatic rings. The van der Waals surface area contributed by atoms with Crippen LogP contribution in [-0.4, -0.2) is 42.0 Å². The van der Waals surface area contributed by atoms with Gasteiger partial charge in [-0.2, -0.15) is 8.78 Å². The lowest BCUT2D eigenvalue weighted by molar-refractivity contribution is -0.0498. The second-order valence-corrected chi connectivity index (χ2v) is 6.16. The maximum atomic E-state index is 12.7. The van der Waals surface area contributed by atoms with Crippen molar-refractivity contribution in [2.45, 2.75) is 40.4 Å². The lowest BCUT2D eigenvalue weighted by atomic mass is 10.1. The summed E-state index contributed by atoms with van der Waals surface area (Å²) in [6.45, 7) is 3.52. The van der Waals surface area contributed by atoms with Crippen LogP contribution in [0.2, 0.25) is 0 Å². The molecule has 0 unspecified atom stereocenters. The Labute approximate surface area is 166 Å². The molecule has 0 aliphatic heterocycles. The summed E-state index contributed by atoms with van der Waals surface area (Å²) < 4.78 is 38.7. The van der Waals surface area contributed by atoms with E-state index in [9.17, 15) is 23.2 Å². The van der Waals surface area contributed by atoms with Gasteiger partial charge in [0, 0.05) is 5.69 Å². The third-order valence-corrected chi connectivity index (χ3v) is 4.13. The molecule has 1 N–H and O–H groups in total. The number of nitrogens with one attached hydrogen (secondary N) is 1. The zero-order valence-electron chi connectivity index (χ0n) is 16.4. The summed E-state index contributed by atoms with van der Waals surface area (Å²) in [5, 5.41) is 0. The molecule has 2 rings (SSSR count). The second-order valence-electron chi connectivity index (χ2n) is 6.16. The zero-order valence-corrected chi connectivity index (χ0v) is 16.4. The number of hydrogen-bond acceptors (Lipinski definition) is 6. The van der Waals surface area contributed by atoms with Gasteiger partial charge in [-0.3, -0.25) is 4.79 Å². The first kappa shape index (κ1) is 22.1. The summed E-state index contributed by atoms with van der Waals surface area (Å²) in [5.74, 6) is -1.98. The van der Waals surface area contributed by atoms with Crippen molar-refractivity contribution in [2.75, 3.05) is 6.61 Å². The number of carbonyl (C=O) groups is 3. The quantitative estimate of drug-likeness (QED) is 0.526. The van der Waals surface area contributed by atoms with Crippen LogP contribution in [0.3, 0.4) is 0 Å². The number of aryl methyl sites for hydroxylation is 1. The van der Waals surface area contributed by atoms with Crippen LogP contribution >= 0.6 is 0 Å². The fourth-order valence-electron chi connectivity index (χ4n) is 2.76. The number of hydrogen-bond donors (Lipinski definition) is 1. The lowest BCUT2D eigenvalue weighted by Gasteiger charge is -2.12. The van der Waals surface area contributed by atoms with Crippen LogP contribution in [0, 0.1) is 13.8 Å². The normalized spacial score (nSPS) is 11.8. The van der Waals surface area contributed by atoms with Crippen molar-refractivity contribution in [3.63, 3.8) is 0 Å². The molecule has 0 fully saturated rings. The maximum Gasteiger partial charge on any atom is 0.387 e. The van der Waals surface area contributed by atoms with Gasteiger partial charge in [-0.1, -0.05) is 0 Å². The molecule has 0 radical (unpaired) electrons. The number of ketones is 1. The van der Waals surface area contributed by atoms with Gasteiger partial charge >= 0.3 is 18.6 Å². The first-order valence-corrected chi connectivity index (χ1v) is 8.82. The van der Waals surface area contributed by atoms with E-state index in [2.05, 4.69) is 9.72 Å². The van der Waals surface area contributed by atoms with E-state index in [1.54, 1.807) is 20.8 Å². The first-order chi connectivity index (χ1) is 13.6. The third kappa shape index (κ3) is 5.18. The van der Waals surface area contributed by atoms with Gasteiger partial charge in [0.2, 0.25) is 5.78 Å². The number of benzene rings is 1. The molecule has 0 aliphatic carbocycles. The molecule has 0 saturated carbocycles. The topological polar surface area (TPSA) is 94.7 Å². The predicted octanol–water partition coefficient (Wildman–Crippen LogP) is 3.84. The van der Waals surface area contributed by atoms with Crippen molar-refractivity contribution in [3.05, 3.63) is 52.3 Å². The molecule has 9 heteroatoms. The van der Waals surface area contributed by atoms with Gasteiger partial charge in [0.15, 0.2) is 6.10 Å².